The average molecular weight is 359 g/mol. The van der Waals surface area contributed by atoms with Crippen LogP contribution in [0.1, 0.15) is 33.6 Å². The molecule has 3 rings (SSSR count). The van der Waals surface area contributed by atoms with Crippen molar-refractivity contribution in [3.8, 4) is 5.75 Å². The van der Waals surface area contributed by atoms with Gasteiger partial charge in [-0.2, -0.15) is 0 Å². The molecular weight excluding hydrogens is 340 g/mol. The highest BCUT2D eigenvalue weighted by atomic mass is 19.1. The summed E-state index contributed by atoms with van der Waals surface area (Å²) in [5.74, 6) is -1.37. The monoisotopic (exact) mass is 359 g/mol. The Morgan fingerprint density at radius 2 is 1.62 bits per heavy atom. The van der Waals surface area contributed by atoms with Crippen molar-refractivity contribution in [3.63, 3.8) is 0 Å². The Hall–Kier alpha value is -2.76. The zero-order valence-electron chi connectivity index (χ0n) is 14.4. The molecule has 0 spiro atoms. The molecule has 26 heavy (non-hydrogen) atoms. The smallest absolute Gasteiger partial charge is 0.253 e. The number of benzene rings is 2. The third kappa shape index (κ3) is 3.74. The van der Waals surface area contributed by atoms with Gasteiger partial charge in [-0.15, -0.1) is 0 Å². The topological polar surface area (TPSA) is 46.6 Å². The lowest BCUT2D eigenvalue weighted by molar-refractivity contribution is 0.0650. The van der Waals surface area contributed by atoms with Gasteiger partial charge in [0, 0.05) is 30.1 Å². The first-order chi connectivity index (χ1) is 12.5. The molecule has 0 unspecified atom stereocenters. The molecule has 0 N–H and O–H groups in total. The summed E-state index contributed by atoms with van der Waals surface area (Å²) in [7, 11) is 1.36. The number of methoxy groups -OCH3 is 1. The standard InChI is InChI=1S/C20H19F2NO3/c1-26-18-7-4-15(12-17(18)22)20(25)23-10-8-14(9-11-23)19(24)13-2-5-16(21)6-3-13/h2-7,12,14H,8-11H2,1H3. The number of ether oxygens (including phenoxy) is 1. The van der Waals surface area contributed by atoms with Gasteiger partial charge in [-0.3, -0.25) is 9.59 Å². The number of ketones is 1. The van der Waals surface area contributed by atoms with E-state index in [9.17, 15) is 18.4 Å². The number of hydrogen-bond acceptors (Lipinski definition) is 3. The van der Waals surface area contributed by atoms with Crippen LogP contribution >= 0.6 is 0 Å². The highest BCUT2D eigenvalue weighted by molar-refractivity contribution is 5.98. The Labute approximate surface area is 150 Å². The highest BCUT2D eigenvalue weighted by Gasteiger charge is 2.28. The zero-order valence-corrected chi connectivity index (χ0v) is 14.4. The molecule has 1 saturated heterocycles. The lowest BCUT2D eigenvalue weighted by Crippen LogP contribution is -2.40. The summed E-state index contributed by atoms with van der Waals surface area (Å²) < 4.78 is 31.6. The summed E-state index contributed by atoms with van der Waals surface area (Å²) in [5.41, 5.74) is 0.736. The lowest BCUT2D eigenvalue weighted by Gasteiger charge is -2.31. The van der Waals surface area contributed by atoms with Crippen molar-refractivity contribution in [1.29, 1.82) is 0 Å². The van der Waals surface area contributed by atoms with Crippen LogP contribution in [0.3, 0.4) is 0 Å². The van der Waals surface area contributed by atoms with E-state index in [-0.39, 0.29) is 34.7 Å². The number of rotatable bonds is 4. The number of likely N-dealkylation sites (tertiary alicyclic amines) is 1. The molecule has 1 aliphatic heterocycles. The molecule has 1 amide bonds. The Kier molecular flexibility index (Phi) is 5.30. The molecule has 4 nitrogen and oxygen atoms in total. The van der Waals surface area contributed by atoms with Gasteiger partial charge in [0.25, 0.3) is 5.91 Å². The zero-order chi connectivity index (χ0) is 18.7. The predicted molar refractivity (Wildman–Crippen MR) is 92.3 cm³/mol. The summed E-state index contributed by atoms with van der Waals surface area (Å²) in [6, 6.07) is 9.61. The van der Waals surface area contributed by atoms with Crippen LogP contribution in [0, 0.1) is 17.6 Å². The van der Waals surface area contributed by atoms with E-state index >= 15 is 0 Å². The largest absolute Gasteiger partial charge is 0.494 e. The van der Waals surface area contributed by atoms with Crippen LogP contribution in [0.25, 0.3) is 0 Å². The van der Waals surface area contributed by atoms with Crippen molar-refractivity contribution in [3.05, 3.63) is 65.2 Å². The number of carbonyl (C=O) groups is 2. The fourth-order valence-electron chi connectivity index (χ4n) is 3.18. The van der Waals surface area contributed by atoms with E-state index in [2.05, 4.69) is 0 Å². The lowest BCUT2D eigenvalue weighted by atomic mass is 9.88. The molecule has 0 aliphatic carbocycles. The van der Waals surface area contributed by atoms with Gasteiger partial charge >= 0.3 is 0 Å². The second kappa shape index (κ2) is 7.64. The first kappa shape index (κ1) is 18.0. The van der Waals surface area contributed by atoms with E-state index in [0.717, 1.165) is 6.07 Å². The van der Waals surface area contributed by atoms with Crippen LogP contribution in [0.2, 0.25) is 0 Å². The number of Topliss-reactive ketones (excluding diaryl/α,β-unsaturated/α-hetero) is 1. The number of hydrogen-bond donors (Lipinski definition) is 0. The van der Waals surface area contributed by atoms with Crippen LogP contribution in [-0.4, -0.2) is 36.8 Å². The van der Waals surface area contributed by atoms with Crippen molar-refractivity contribution in [2.45, 2.75) is 12.8 Å². The van der Waals surface area contributed by atoms with Crippen molar-refractivity contribution < 1.29 is 23.1 Å². The first-order valence-electron chi connectivity index (χ1n) is 8.42. The van der Waals surface area contributed by atoms with Crippen LogP contribution < -0.4 is 4.74 Å². The van der Waals surface area contributed by atoms with Crippen molar-refractivity contribution in [1.82, 2.24) is 4.90 Å². The number of piperidine rings is 1. The number of amides is 1. The van der Waals surface area contributed by atoms with Gasteiger partial charge in [0.15, 0.2) is 17.3 Å². The Bertz CT molecular complexity index is 812. The van der Waals surface area contributed by atoms with E-state index in [1.54, 1.807) is 4.90 Å². The maximum atomic E-state index is 13.8. The van der Waals surface area contributed by atoms with Crippen molar-refractivity contribution >= 4 is 11.7 Å². The Balaban J connectivity index is 1.62. The van der Waals surface area contributed by atoms with E-state index < -0.39 is 5.82 Å². The molecule has 6 heteroatoms. The van der Waals surface area contributed by atoms with Crippen LogP contribution in [0.4, 0.5) is 8.78 Å². The molecule has 2 aromatic rings. The third-order valence-electron chi connectivity index (χ3n) is 4.68. The molecule has 136 valence electrons. The van der Waals surface area contributed by atoms with Crippen molar-refractivity contribution in [2.75, 3.05) is 20.2 Å². The highest BCUT2D eigenvalue weighted by Crippen LogP contribution is 2.24. The SMILES string of the molecule is COc1ccc(C(=O)N2CCC(C(=O)c3ccc(F)cc3)CC2)cc1F. The van der Waals surface area contributed by atoms with Crippen LogP contribution in [0.5, 0.6) is 5.75 Å². The molecule has 0 bridgehead atoms. The van der Waals surface area contributed by atoms with Gasteiger partial charge in [0.05, 0.1) is 7.11 Å². The van der Waals surface area contributed by atoms with Gasteiger partial charge in [-0.25, -0.2) is 8.78 Å². The second-order valence-electron chi connectivity index (χ2n) is 6.29. The summed E-state index contributed by atoms with van der Waals surface area (Å²) in [6.45, 7) is 0.841. The number of nitrogens with zero attached hydrogens (tertiary/aromatic N) is 1. The van der Waals surface area contributed by atoms with Crippen LogP contribution in [-0.2, 0) is 0 Å². The fourth-order valence-corrected chi connectivity index (χ4v) is 3.18. The third-order valence-corrected chi connectivity index (χ3v) is 4.68. The molecule has 0 radical (unpaired) electrons. The minimum Gasteiger partial charge on any atom is -0.494 e. The van der Waals surface area contributed by atoms with Gasteiger partial charge in [-0.1, -0.05) is 0 Å². The average Bonchev–Trinajstić information content (AvgIpc) is 2.67. The van der Waals surface area contributed by atoms with E-state index in [0.29, 0.717) is 31.5 Å². The molecule has 0 atom stereocenters. The molecule has 0 saturated carbocycles. The normalized spacial score (nSPS) is 15.0. The maximum absolute atomic E-state index is 13.8. The second-order valence-corrected chi connectivity index (χ2v) is 6.29. The van der Waals surface area contributed by atoms with Gasteiger partial charge in [-0.05, 0) is 55.3 Å². The number of halogens is 2. The Morgan fingerprint density at radius 3 is 2.19 bits per heavy atom. The molecule has 1 heterocycles. The maximum Gasteiger partial charge on any atom is 0.253 e. The summed E-state index contributed by atoms with van der Waals surface area (Å²) in [4.78, 5) is 26.6. The summed E-state index contributed by atoms with van der Waals surface area (Å²) in [6.07, 6.45) is 1.06. The van der Waals surface area contributed by atoms with Crippen molar-refractivity contribution in [2.24, 2.45) is 5.92 Å². The fraction of sp³-hybridized carbons (Fsp3) is 0.300. The van der Waals surface area contributed by atoms with E-state index in [4.69, 9.17) is 4.74 Å². The van der Waals surface area contributed by atoms with E-state index in [1.807, 2.05) is 0 Å². The molecule has 1 aliphatic rings. The predicted octanol–water partition coefficient (Wildman–Crippen LogP) is 3.71. The summed E-state index contributed by atoms with van der Waals surface area (Å²) >= 11 is 0. The first-order valence-corrected chi connectivity index (χ1v) is 8.42. The van der Waals surface area contributed by atoms with E-state index in [1.165, 1.54) is 43.5 Å². The molecular formula is C20H19F2NO3. The van der Waals surface area contributed by atoms with Gasteiger partial charge in [0.2, 0.25) is 0 Å². The molecule has 0 aromatic heterocycles. The van der Waals surface area contributed by atoms with Gasteiger partial charge in [0.1, 0.15) is 5.82 Å². The Morgan fingerprint density at radius 1 is 1.00 bits per heavy atom. The van der Waals surface area contributed by atoms with Gasteiger partial charge < -0.3 is 9.64 Å². The summed E-state index contributed by atoms with van der Waals surface area (Å²) in [5, 5.41) is 0. The van der Waals surface area contributed by atoms with Crippen LogP contribution in [0.15, 0.2) is 42.5 Å². The minimum absolute atomic E-state index is 0.0346. The quantitative estimate of drug-likeness (QED) is 0.782. The number of carbonyl (C=O) groups excluding carboxylic acids is 2. The minimum atomic E-state index is -0.584. The molecule has 1 fully saturated rings. The molecule has 2 aromatic carbocycles.